The number of likely N-dealkylation sites (tertiary alicyclic amines) is 1. The van der Waals surface area contributed by atoms with E-state index < -0.39 is 11.7 Å². The number of nitrogens with one attached hydrogen (secondary N) is 2. The highest BCUT2D eigenvalue weighted by Crippen LogP contribution is 2.32. The monoisotopic (exact) mass is 365 g/mol. The second-order valence-electron chi connectivity index (χ2n) is 6.64. The van der Waals surface area contributed by atoms with Gasteiger partial charge < -0.3 is 10.6 Å². The van der Waals surface area contributed by atoms with E-state index in [1.165, 1.54) is 0 Å². The van der Waals surface area contributed by atoms with Gasteiger partial charge in [-0.2, -0.15) is 13.2 Å². The summed E-state index contributed by atoms with van der Waals surface area (Å²) >= 11 is 0. The number of hydrogen-bond acceptors (Lipinski definition) is 3. The van der Waals surface area contributed by atoms with Crippen molar-refractivity contribution in [2.75, 3.05) is 38.5 Å². The number of anilines is 1. The first kappa shape index (κ1) is 18.6. The molecule has 0 spiro atoms. The molecule has 1 aromatic carbocycles. The first-order chi connectivity index (χ1) is 12.3. The van der Waals surface area contributed by atoms with Gasteiger partial charge in [-0.15, -0.1) is 0 Å². The molecule has 140 valence electrons. The third-order valence-corrected chi connectivity index (χ3v) is 4.54. The molecule has 0 aliphatic carbocycles. The molecule has 0 bridgehead atoms. The maximum Gasteiger partial charge on any atom is 0.416 e. The lowest BCUT2D eigenvalue weighted by molar-refractivity contribution is -0.137. The lowest BCUT2D eigenvalue weighted by Crippen LogP contribution is -2.56. The molecule has 3 rings (SSSR count). The summed E-state index contributed by atoms with van der Waals surface area (Å²) in [4.78, 5) is 10.9. The van der Waals surface area contributed by atoms with E-state index in [4.69, 9.17) is 0 Å². The summed E-state index contributed by atoms with van der Waals surface area (Å²) < 4.78 is 39.0. The van der Waals surface area contributed by atoms with Gasteiger partial charge in [0.1, 0.15) is 0 Å². The van der Waals surface area contributed by atoms with Gasteiger partial charge in [0.15, 0.2) is 0 Å². The van der Waals surface area contributed by atoms with Gasteiger partial charge in [0.05, 0.1) is 11.3 Å². The van der Waals surface area contributed by atoms with E-state index >= 15 is 0 Å². The number of rotatable bonds is 2. The van der Waals surface area contributed by atoms with Gasteiger partial charge >= 0.3 is 6.18 Å². The van der Waals surface area contributed by atoms with Crippen molar-refractivity contribution in [3.63, 3.8) is 0 Å². The zero-order valence-electron chi connectivity index (χ0n) is 14.8. The van der Waals surface area contributed by atoms with Crippen LogP contribution in [0.4, 0.5) is 18.9 Å². The van der Waals surface area contributed by atoms with E-state index in [0.717, 1.165) is 43.1 Å². The first-order valence-corrected chi connectivity index (χ1v) is 8.39. The molecule has 0 aromatic heterocycles. The minimum Gasteiger partial charge on any atom is -0.324 e. The Bertz CT molecular complexity index is 763. The molecule has 2 N–H and O–H groups in total. The summed E-state index contributed by atoms with van der Waals surface area (Å²) in [6.45, 7) is 9.02. The highest BCUT2D eigenvalue weighted by molar-refractivity contribution is 6.12. The molecule has 0 amide bonds. The Hall–Kier alpha value is -2.19. The maximum atomic E-state index is 13.0. The van der Waals surface area contributed by atoms with E-state index in [-0.39, 0.29) is 5.96 Å². The van der Waals surface area contributed by atoms with Crippen molar-refractivity contribution in [1.29, 1.82) is 0 Å². The van der Waals surface area contributed by atoms with Crippen molar-refractivity contribution in [1.82, 2.24) is 10.2 Å². The van der Waals surface area contributed by atoms with E-state index in [0.29, 0.717) is 23.8 Å². The molecule has 0 unspecified atom stereocenters. The van der Waals surface area contributed by atoms with Crippen molar-refractivity contribution >= 4 is 17.4 Å². The van der Waals surface area contributed by atoms with Gasteiger partial charge in [-0.3, -0.25) is 9.89 Å². The van der Waals surface area contributed by atoms with Crippen LogP contribution in [-0.2, 0) is 6.18 Å². The van der Waals surface area contributed by atoms with Crippen LogP contribution in [0.5, 0.6) is 0 Å². The van der Waals surface area contributed by atoms with Crippen LogP contribution in [-0.4, -0.2) is 55.8 Å². The molecular formula is C18H22F3N5. The minimum atomic E-state index is -4.39. The second-order valence-corrected chi connectivity index (χ2v) is 6.64. The fourth-order valence-electron chi connectivity index (χ4n) is 3.01. The van der Waals surface area contributed by atoms with Gasteiger partial charge in [-0.1, -0.05) is 6.58 Å². The van der Waals surface area contributed by atoms with Crippen LogP contribution < -0.4 is 10.6 Å². The number of halogens is 3. The molecule has 5 nitrogen and oxygen atoms in total. The van der Waals surface area contributed by atoms with E-state index in [1.807, 2.05) is 0 Å². The van der Waals surface area contributed by atoms with Crippen molar-refractivity contribution in [2.45, 2.75) is 19.1 Å². The first-order valence-electron chi connectivity index (χ1n) is 8.39. The highest BCUT2D eigenvalue weighted by Gasteiger charge is 2.32. The van der Waals surface area contributed by atoms with E-state index in [9.17, 15) is 13.2 Å². The third-order valence-electron chi connectivity index (χ3n) is 4.54. The van der Waals surface area contributed by atoms with Crippen LogP contribution in [0.2, 0.25) is 0 Å². The number of nitrogens with zero attached hydrogens (tertiary/aromatic N) is 3. The molecule has 2 aliphatic rings. The van der Waals surface area contributed by atoms with Gasteiger partial charge in [0, 0.05) is 45.0 Å². The average molecular weight is 365 g/mol. The molecule has 8 heteroatoms. The number of aryl methyl sites for hydroxylation is 1. The highest BCUT2D eigenvalue weighted by atomic mass is 19.4. The Labute approximate surface area is 150 Å². The summed E-state index contributed by atoms with van der Waals surface area (Å²) in [6, 6.07) is 4.30. The fraction of sp³-hybridized carbons (Fsp3) is 0.444. The normalized spacial score (nSPS) is 21.3. The molecule has 2 aliphatic heterocycles. The summed E-state index contributed by atoms with van der Waals surface area (Å²) in [5.74, 6) is 0.272. The molecule has 2 fully saturated rings. The predicted octanol–water partition coefficient (Wildman–Crippen LogP) is 2.70. The van der Waals surface area contributed by atoms with Crippen LogP contribution in [0.15, 0.2) is 40.3 Å². The van der Waals surface area contributed by atoms with Gasteiger partial charge in [-0.05, 0) is 36.3 Å². The van der Waals surface area contributed by atoms with Crippen LogP contribution in [0.25, 0.3) is 0 Å². The largest absolute Gasteiger partial charge is 0.416 e. The van der Waals surface area contributed by atoms with Crippen LogP contribution in [0.1, 0.15) is 11.1 Å². The molecule has 0 saturated carbocycles. The Morgan fingerprint density at radius 2 is 2.00 bits per heavy atom. The summed E-state index contributed by atoms with van der Waals surface area (Å²) in [7, 11) is 1.55. The fourth-order valence-corrected chi connectivity index (χ4v) is 3.01. The number of guanidine groups is 1. The lowest BCUT2D eigenvalue weighted by atomic mass is 10.1. The molecule has 1 aromatic rings. The number of benzene rings is 1. The third kappa shape index (κ3) is 4.13. The smallest absolute Gasteiger partial charge is 0.324 e. The summed E-state index contributed by atoms with van der Waals surface area (Å²) in [5, 5.41) is 6.13. The Balaban J connectivity index is 1.76. The molecular weight excluding hydrogens is 343 g/mol. The predicted molar refractivity (Wildman–Crippen MR) is 98.0 cm³/mol. The summed E-state index contributed by atoms with van der Waals surface area (Å²) in [5.41, 5.74) is 1.86. The van der Waals surface area contributed by atoms with Crippen LogP contribution >= 0.6 is 0 Å². The second kappa shape index (κ2) is 7.20. The van der Waals surface area contributed by atoms with Crippen molar-refractivity contribution in [2.24, 2.45) is 9.98 Å². The van der Waals surface area contributed by atoms with Gasteiger partial charge in [-0.25, -0.2) is 4.99 Å². The average Bonchev–Trinajstić information content (AvgIpc) is 2.83. The molecule has 0 atom stereocenters. The minimum absolute atomic E-state index is 0.272. The molecule has 26 heavy (non-hydrogen) atoms. The standard InChI is InChI=1S/C18H22F3N5/c1-11-4-13(18(19,20)21)6-14(5-11)24-17(22-3)25-16-10-26(9-12(16)2)15-7-23-8-15/h4-6,15,23H,2,7-10H2,1,3H3,(H,22,24)/b25-16-. The zero-order chi connectivity index (χ0) is 18.9. The summed E-state index contributed by atoms with van der Waals surface area (Å²) in [6.07, 6.45) is -4.39. The maximum absolute atomic E-state index is 13.0. The van der Waals surface area contributed by atoms with Crippen molar-refractivity contribution < 1.29 is 13.2 Å². The van der Waals surface area contributed by atoms with Gasteiger partial charge in [0.2, 0.25) is 5.96 Å². The Kier molecular flexibility index (Phi) is 5.15. The SMILES string of the molecule is C=C1CN(C2CNC2)C/C1=N/C(=N\C)Nc1cc(C)cc(C(F)(F)F)c1. The number of aliphatic imine (C=N–C) groups is 2. The van der Waals surface area contributed by atoms with Gasteiger partial charge in [0.25, 0.3) is 0 Å². The lowest BCUT2D eigenvalue weighted by Gasteiger charge is -2.34. The molecule has 2 saturated heterocycles. The Morgan fingerprint density at radius 1 is 1.27 bits per heavy atom. The van der Waals surface area contributed by atoms with E-state index in [2.05, 4.69) is 32.1 Å². The van der Waals surface area contributed by atoms with E-state index in [1.54, 1.807) is 20.0 Å². The molecule has 0 radical (unpaired) electrons. The Morgan fingerprint density at radius 3 is 2.58 bits per heavy atom. The van der Waals surface area contributed by atoms with Crippen molar-refractivity contribution in [3.05, 3.63) is 41.5 Å². The number of hydrogen-bond donors (Lipinski definition) is 2. The van der Waals surface area contributed by atoms with Crippen LogP contribution in [0.3, 0.4) is 0 Å². The quantitative estimate of drug-likeness (QED) is 0.626. The number of alkyl halides is 3. The van der Waals surface area contributed by atoms with Crippen LogP contribution in [0, 0.1) is 6.92 Å². The topological polar surface area (TPSA) is 52.0 Å². The van der Waals surface area contributed by atoms with Crippen molar-refractivity contribution in [3.8, 4) is 0 Å². The zero-order valence-corrected chi connectivity index (χ0v) is 14.8. The molecule has 2 heterocycles.